The van der Waals surface area contributed by atoms with Crippen molar-refractivity contribution < 1.29 is 9.59 Å². The van der Waals surface area contributed by atoms with Crippen LogP contribution in [0.25, 0.3) is 0 Å². The Hall–Kier alpha value is -3.35. The molecule has 7 nitrogen and oxygen atoms in total. The molecular formula is C25H31N5O2. The van der Waals surface area contributed by atoms with E-state index in [1.165, 1.54) is 0 Å². The van der Waals surface area contributed by atoms with Crippen LogP contribution in [0.2, 0.25) is 0 Å². The SMILES string of the molecule is CN=C(NCc1cccc(NC(=O)C2CCCC2)c1)NCC1CC(=O)Nc2ccccc21. The molecule has 2 aromatic carbocycles. The number of nitrogens with zero attached hydrogens (tertiary/aromatic N) is 1. The van der Waals surface area contributed by atoms with Crippen LogP contribution >= 0.6 is 0 Å². The van der Waals surface area contributed by atoms with Crippen LogP contribution < -0.4 is 21.3 Å². The van der Waals surface area contributed by atoms with Crippen molar-refractivity contribution in [3.63, 3.8) is 0 Å². The number of carbonyl (C=O) groups is 2. The van der Waals surface area contributed by atoms with Crippen molar-refractivity contribution in [3.05, 3.63) is 59.7 Å². The van der Waals surface area contributed by atoms with Gasteiger partial charge in [0, 0.05) is 49.8 Å². The summed E-state index contributed by atoms with van der Waals surface area (Å²) < 4.78 is 0. The molecule has 32 heavy (non-hydrogen) atoms. The predicted octanol–water partition coefficient (Wildman–Crippen LogP) is 3.61. The first-order valence-electron chi connectivity index (χ1n) is 11.4. The van der Waals surface area contributed by atoms with Gasteiger partial charge in [-0.25, -0.2) is 0 Å². The number of aliphatic imine (C=N–C) groups is 1. The molecule has 1 unspecified atom stereocenters. The van der Waals surface area contributed by atoms with E-state index in [4.69, 9.17) is 0 Å². The lowest BCUT2D eigenvalue weighted by atomic mass is 9.90. The standard InChI is InChI=1S/C25H31N5O2/c1-26-25(28-16-19-14-23(31)30-22-12-5-4-11-21(19)22)27-15-17-7-6-10-20(13-17)29-24(32)18-8-2-3-9-18/h4-7,10-13,18-19H,2-3,8-9,14-16H2,1H3,(H,29,32)(H,30,31)(H2,26,27,28). The zero-order valence-electron chi connectivity index (χ0n) is 18.5. The molecule has 4 N–H and O–H groups in total. The second-order valence-corrected chi connectivity index (χ2v) is 8.51. The summed E-state index contributed by atoms with van der Waals surface area (Å²) in [5, 5.41) is 12.7. The number of fused-ring (bicyclic) bond motifs is 1. The highest BCUT2D eigenvalue weighted by Crippen LogP contribution is 2.31. The molecule has 0 radical (unpaired) electrons. The van der Waals surface area contributed by atoms with E-state index in [1.54, 1.807) is 7.05 Å². The summed E-state index contributed by atoms with van der Waals surface area (Å²) in [6.45, 7) is 1.19. The second kappa shape index (κ2) is 10.3. The van der Waals surface area contributed by atoms with Crippen molar-refractivity contribution in [3.8, 4) is 0 Å². The van der Waals surface area contributed by atoms with Crippen LogP contribution in [0, 0.1) is 5.92 Å². The largest absolute Gasteiger partial charge is 0.356 e. The number of para-hydroxylation sites is 1. The molecule has 4 rings (SSSR count). The Bertz CT molecular complexity index is 997. The summed E-state index contributed by atoms with van der Waals surface area (Å²) in [7, 11) is 1.73. The van der Waals surface area contributed by atoms with Crippen molar-refractivity contribution in [1.29, 1.82) is 0 Å². The molecule has 2 aromatic rings. The van der Waals surface area contributed by atoms with Crippen molar-refractivity contribution >= 4 is 29.1 Å². The summed E-state index contributed by atoms with van der Waals surface area (Å²) in [5.74, 6) is 1.07. The normalized spacial score (nSPS) is 18.6. The Morgan fingerprint density at radius 1 is 1.09 bits per heavy atom. The van der Waals surface area contributed by atoms with Crippen LogP contribution in [0.15, 0.2) is 53.5 Å². The van der Waals surface area contributed by atoms with Gasteiger partial charge in [-0.05, 0) is 42.2 Å². The molecule has 1 fully saturated rings. The molecule has 1 saturated carbocycles. The number of nitrogens with one attached hydrogen (secondary N) is 4. The Kier molecular flexibility index (Phi) is 7.04. The average Bonchev–Trinajstić information content (AvgIpc) is 3.34. The lowest BCUT2D eigenvalue weighted by Crippen LogP contribution is -2.40. The lowest BCUT2D eigenvalue weighted by Gasteiger charge is -2.26. The third-order valence-electron chi connectivity index (χ3n) is 6.23. The van der Waals surface area contributed by atoms with Gasteiger partial charge in [-0.15, -0.1) is 0 Å². The topological polar surface area (TPSA) is 94.6 Å². The molecule has 1 aliphatic heterocycles. The molecule has 0 spiro atoms. The maximum atomic E-state index is 12.4. The van der Waals surface area contributed by atoms with Crippen LogP contribution in [0.3, 0.4) is 0 Å². The van der Waals surface area contributed by atoms with E-state index < -0.39 is 0 Å². The molecule has 7 heteroatoms. The summed E-state index contributed by atoms with van der Waals surface area (Å²) >= 11 is 0. The van der Waals surface area contributed by atoms with Gasteiger partial charge in [-0.3, -0.25) is 14.6 Å². The van der Waals surface area contributed by atoms with Gasteiger partial charge in [0.25, 0.3) is 0 Å². The van der Waals surface area contributed by atoms with E-state index in [1.807, 2.05) is 42.5 Å². The first-order valence-corrected chi connectivity index (χ1v) is 11.4. The molecule has 0 aromatic heterocycles. The zero-order valence-corrected chi connectivity index (χ0v) is 18.5. The van der Waals surface area contributed by atoms with Gasteiger partial charge in [0.05, 0.1) is 0 Å². The van der Waals surface area contributed by atoms with Crippen molar-refractivity contribution in [2.24, 2.45) is 10.9 Å². The van der Waals surface area contributed by atoms with Gasteiger partial charge in [-0.1, -0.05) is 43.2 Å². The second-order valence-electron chi connectivity index (χ2n) is 8.51. The van der Waals surface area contributed by atoms with E-state index >= 15 is 0 Å². The molecule has 1 aliphatic carbocycles. The number of rotatable bonds is 6. The minimum atomic E-state index is 0.0370. The molecule has 0 saturated heterocycles. The van der Waals surface area contributed by atoms with E-state index in [9.17, 15) is 9.59 Å². The monoisotopic (exact) mass is 433 g/mol. The quantitative estimate of drug-likeness (QED) is 0.414. The van der Waals surface area contributed by atoms with Crippen LogP contribution in [0.5, 0.6) is 0 Å². The maximum Gasteiger partial charge on any atom is 0.227 e. The number of amides is 2. The van der Waals surface area contributed by atoms with Crippen LogP contribution in [0.1, 0.15) is 49.1 Å². The molecule has 2 aliphatic rings. The van der Waals surface area contributed by atoms with Gasteiger partial charge in [0.2, 0.25) is 11.8 Å². The molecular weight excluding hydrogens is 402 g/mol. The fourth-order valence-electron chi connectivity index (χ4n) is 4.50. The van der Waals surface area contributed by atoms with Gasteiger partial charge >= 0.3 is 0 Å². The summed E-state index contributed by atoms with van der Waals surface area (Å²) in [6.07, 6.45) is 4.71. The first-order chi connectivity index (χ1) is 15.6. The Balaban J connectivity index is 1.30. The van der Waals surface area contributed by atoms with Crippen LogP contribution in [-0.2, 0) is 16.1 Å². The Morgan fingerprint density at radius 2 is 1.91 bits per heavy atom. The number of hydrogen-bond donors (Lipinski definition) is 4. The molecule has 1 heterocycles. The van der Waals surface area contributed by atoms with Gasteiger partial charge in [-0.2, -0.15) is 0 Å². The van der Waals surface area contributed by atoms with E-state index in [0.717, 1.165) is 48.2 Å². The minimum absolute atomic E-state index is 0.0370. The Labute approximate surface area is 189 Å². The summed E-state index contributed by atoms with van der Waals surface area (Å²) in [4.78, 5) is 28.7. The third-order valence-corrected chi connectivity index (χ3v) is 6.23. The van der Waals surface area contributed by atoms with Crippen molar-refractivity contribution in [2.75, 3.05) is 24.2 Å². The first kappa shape index (κ1) is 21.9. The minimum Gasteiger partial charge on any atom is -0.356 e. The van der Waals surface area contributed by atoms with Crippen LogP contribution in [0.4, 0.5) is 11.4 Å². The Morgan fingerprint density at radius 3 is 2.72 bits per heavy atom. The van der Waals surface area contributed by atoms with Crippen molar-refractivity contribution in [2.45, 2.75) is 44.6 Å². The lowest BCUT2D eigenvalue weighted by molar-refractivity contribution is -0.119. The summed E-state index contributed by atoms with van der Waals surface area (Å²) in [5.41, 5.74) is 3.91. The van der Waals surface area contributed by atoms with E-state index in [-0.39, 0.29) is 23.7 Å². The maximum absolute atomic E-state index is 12.4. The predicted molar refractivity (Wildman–Crippen MR) is 128 cm³/mol. The number of hydrogen-bond acceptors (Lipinski definition) is 3. The number of anilines is 2. The van der Waals surface area contributed by atoms with Gasteiger partial charge in [0.15, 0.2) is 5.96 Å². The van der Waals surface area contributed by atoms with Crippen molar-refractivity contribution in [1.82, 2.24) is 10.6 Å². The van der Waals surface area contributed by atoms with E-state index in [0.29, 0.717) is 25.5 Å². The van der Waals surface area contributed by atoms with E-state index in [2.05, 4.69) is 32.3 Å². The van der Waals surface area contributed by atoms with Gasteiger partial charge in [0.1, 0.15) is 0 Å². The highest BCUT2D eigenvalue weighted by Gasteiger charge is 2.25. The number of carbonyl (C=O) groups excluding carboxylic acids is 2. The van der Waals surface area contributed by atoms with Gasteiger partial charge < -0.3 is 21.3 Å². The van der Waals surface area contributed by atoms with Crippen LogP contribution in [-0.4, -0.2) is 31.4 Å². The molecule has 168 valence electrons. The fraction of sp³-hybridized carbons (Fsp3) is 0.400. The number of guanidine groups is 1. The third kappa shape index (κ3) is 5.46. The highest BCUT2D eigenvalue weighted by atomic mass is 16.2. The molecule has 2 amide bonds. The summed E-state index contributed by atoms with van der Waals surface area (Å²) in [6, 6.07) is 15.8. The zero-order chi connectivity index (χ0) is 22.3. The fourth-order valence-corrected chi connectivity index (χ4v) is 4.50. The molecule has 0 bridgehead atoms. The average molecular weight is 434 g/mol. The molecule has 1 atom stereocenters. The smallest absolute Gasteiger partial charge is 0.227 e. The highest BCUT2D eigenvalue weighted by molar-refractivity contribution is 5.95. The number of benzene rings is 2.